The van der Waals surface area contributed by atoms with Gasteiger partial charge in [-0.3, -0.25) is 5.43 Å². The van der Waals surface area contributed by atoms with Gasteiger partial charge in [-0.25, -0.2) is 13.2 Å². The summed E-state index contributed by atoms with van der Waals surface area (Å²) in [5, 5.41) is 0.0356. The number of carbonyl (C=O) groups excluding carboxylic acids is 1. The van der Waals surface area contributed by atoms with Gasteiger partial charge in [0.1, 0.15) is 10.6 Å². The van der Waals surface area contributed by atoms with Crippen molar-refractivity contribution in [1.29, 1.82) is 0 Å². The van der Waals surface area contributed by atoms with Crippen LogP contribution in [0.1, 0.15) is 25.7 Å². The fourth-order valence-corrected chi connectivity index (χ4v) is 3.63. The number of hydrogen-bond acceptors (Lipinski definition) is 4. The van der Waals surface area contributed by atoms with Gasteiger partial charge in [0, 0.05) is 31.0 Å². The summed E-state index contributed by atoms with van der Waals surface area (Å²) in [7, 11) is -3.24. The lowest BCUT2D eigenvalue weighted by Gasteiger charge is -2.24. The largest absolute Gasteiger partial charge is 0.495 e. The molecule has 1 aromatic rings. The Morgan fingerprint density at radius 1 is 1.06 bits per heavy atom. The summed E-state index contributed by atoms with van der Waals surface area (Å²) in [5.74, 6) is -0.113. The summed E-state index contributed by atoms with van der Waals surface area (Å²) < 4.78 is 104. The van der Waals surface area contributed by atoms with Crippen LogP contribution in [-0.4, -0.2) is 51.9 Å². The van der Waals surface area contributed by atoms with Crippen LogP contribution >= 0.6 is 11.6 Å². The second-order valence-corrected chi connectivity index (χ2v) is 8.34. The first-order valence-electron chi connectivity index (χ1n) is 8.68. The van der Waals surface area contributed by atoms with Crippen molar-refractivity contribution < 1.29 is 44.3 Å². The molecule has 2 amide bonds. The summed E-state index contributed by atoms with van der Waals surface area (Å²) in [6, 6.07) is 2.41. The lowest BCUT2D eigenvalue weighted by Crippen LogP contribution is -2.49. The van der Waals surface area contributed by atoms with Gasteiger partial charge in [0.15, 0.2) is 0 Å². The van der Waals surface area contributed by atoms with Crippen LogP contribution in [0.3, 0.4) is 0 Å². The van der Waals surface area contributed by atoms with E-state index in [1.807, 2.05) is 0 Å². The second-order valence-electron chi connectivity index (χ2n) is 6.26. The fourth-order valence-electron chi connectivity index (χ4n) is 2.36. The molecule has 0 atom stereocenters. The third kappa shape index (κ3) is 10.3. The lowest BCUT2D eigenvalue weighted by molar-refractivity contribution is -0.136. The van der Waals surface area contributed by atoms with Gasteiger partial charge in [0.05, 0.1) is 7.11 Å². The standard InChI is InChI=1S/C16H20ClF6N3O4S/c1-30-12-5-4-11(17)10-13(12)31(28,29)25-24-14(27)26(8-2-6-15(18,19)20)9-3-7-16(21,22)23/h4-5,10,25H,2-3,6-9H2,1H3,(H,24,27). The molecular weight excluding hydrogens is 480 g/mol. The highest BCUT2D eigenvalue weighted by molar-refractivity contribution is 7.89. The number of hydrogen-bond donors (Lipinski definition) is 2. The molecule has 0 aromatic heterocycles. The van der Waals surface area contributed by atoms with Crippen LogP contribution in [-0.2, 0) is 10.0 Å². The van der Waals surface area contributed by atoms with E-state index in [2.05, 4.69) is 0 Å². The van der Waals surface area contributed by atoms with Crippen molar-refractivity contribution in [2.45, 2.75) is 42.9 Å². The van der Waals surface area contributed by atoms with Crippen LogP contribution in [0.15, 0.2) is 23.1 Å². The number of hydrazine groups is 1. The molecule has 0 aliphatic rings. The number of rotatable bonds is 10. The smallest absolute Gasteiger partial charge is 0.389 e. The van der Waals surface area contributed by atoms with Crippen LogP contribution in [0.2, 0.25) is 5.02 Å². The van der Waals surface area contributed by atoms with Crippen LogP contribution in [0.5, 0.6) is 5.75 Å². The molecule has 0 aliphatic carbocycles. The van der Waals surface area contributed by atoms with E-state index in [-0.39, 0.29) is 10.8 Å². The summed E-state index contributed by atoms with van der Waals surface area (Å²) >= 11 is 5.75. The average Bonchev–Trinajstić information content (AvgIpc) is 2.63. The number of nitrogens with zero attached hydrogens (tertiary/aromatic N) is 1. The lowest BCUT2D eigenvalue weighted by atomic mass is 10.2. The molecule has 0 heterocycles. The number of ether oxygens (including phenoxy) is 1. The molecule has 0 aliphatic heterocycles. The van der Waals surface area contributed by atoms with Crippen molar-refractivity contribution in [3.63, 3.8) is 0 Å². The maximum absolute atomic E-state index is 12.4. The van der Waals surface area contributed by atoms with Gasteiger partial charge in [0.2, 0.25) is 0 Å². The number of alkyl halides is 6. The quantitative estimate of drug-likeness (QED) is 0.372. The third-order valence-electron chi connectivity index (χ3n) is 3.77. The van der Waals surface area contributed by atoms with Crippen molar-refractivity contribution in [2.75, 3.05) is 20.2 Å². The zero-order chi connectivity index (χ0) is 23.9. The van der Waals surface area contributed by atoms with Gasteiger partial charge in [-0.1, -0.05) is 11.6 Å². The predicted molar refractivity (Wildman–Crippen MR) is 99.0 cm³/mol. The zero-order valence-corrected chi connectivity index (χ0v) is 17.7. The minimum Gasteiger partial charge on any atom is -0.495 e. The first-order chi connectivity index (χ1) is 14.1. The number of benzene rings is 1. The third-order valence-corrected chi connectivity index (χ3v) is 5.28. The zero-order valence-electron chi connectivity index (χ0n) is 16.1. The number of methoxy groups -OCH3 is 1. The molecule has 0 bridgehead atoms. The van der Waals surface area contributed by atoms with Gasteiger partial charge in [-0.05, 0) is 31.0 Å². The Morgan fingerprint density at radius 2 is 1.58 bits per heavy atom. The van der Waals surface area contributed by atoms with E-state index in [4.69, 9.17) is 16.3 Å². The van der Waals surface area contributed by atoms with E-state index in [0.717, 1.165) is 6.07 Å². The molecule has 31 heavy (non-hydrogen) atoms. The van der Waals surface area contributed by atoms with Crippen molar-refractivity contribution in [3.8, 4) is 5.75 Å². The Labute approximate surface area is 179 Å². The van der Waals surface area contributed by atoms with E-state index in [9.17, 15) is 39.6 Å². The Balaban J connectivity index is 2.84. The van der Waals surface area contributed by atoms with Crippen LogP contribution in [0.4, 0.5) is 31.1 Å². The van der Waals surface area contributed by atoms with Crippen molar-refractivity contribution in [1.82, 2.24) is 15.2 Å². The molecule has 15 heteroatoms. The molecule has 0 fully saturated rings. The van der Waals surface area contributed by atoms with Crippen LogP contribution < -0.4 is 15.0 Å². The molecule has 178 valence electrons. The van der Waals surface area contributed by atoms with Gasteiger partial charge >= 0.3 is 18.4 Å². The Kier molecular flexibility index (Phi) is 9.69. The molecule has 0 saturated carbocycles. The summed E-state index contributed by atoms with van der Waals surface area (Å²) in [6.45, 7) is -1.07. The first-order valence-corrected chi connectivity index (χ1v) is 10.5. The number of halogens is 7. The normalized spacial score (nSPS) is 12.5. The van der Waals surface area contributed by atoms with Crippen LogP contribution in [0, 0.1) is 0 Å². The Morgan fingerprint density at radius 3 is 2.03 bits per heavy atom. The molecule has 0 saturated heterocycles. The van der Waals surface area contributed by atoms with Gasteiger partial charge in [-0.15, -0.1) is 4.83 Å². The molecule has 0 spiro atoms. The maximum Gasteiger partial charge on any atom is 0.389 e. The van der Waals surface area contributed by atoms with Crippen molar-refractivity contribution in [3.05, 3.63) is 23.2 Å². The highest BCUT2D eigenvalue weighted by Crippen LogP contribution is 2.27. The Bertz CT molecular complexity index is 829. The van der Waals surface area contributed by atoms with Crippen molar-refractivity contribution >= 4 is 27.7 Å². The minimum absolute atomic E-state index is 0.0356. The number of amides is 2. The second kappa shape index (κ2) is 11.1. The average molecular weight is 500 g/mol. The topological polar surface area (TPSA) is 87.7 Å². The SMILES string of the molecule is COc1ccc(Cl)cc1S(=O)(=O)NNC(=O)N(CCCC(F)(F)F)CCCC(F)(F)F. The highest BCUT2D eigenvalue weighted by atomic mass is 35.5. The number of sulfonamides is 1. The monoisotopic (exact) mass is 499 g/mol. The summed E-state index contributed by atoms with van der Waals surface area (Å²) in [5.41, 5.74) is 1.78. The molecule has 0 radical (unpaired) electrons. The van der Waals surface area contributed by atoms with E-state index in [1.165, 1.54) is 19.2 Å². The van der Waals surface area contributed by atoms with E-state index >= 15 is 0 Å². The van der Waals surface area contributed by atoms with Crippen molar-refractivity contribution in [2.24, 2.45) is 0 Å². The van der Waals surface area contributed by atoms with E-state index in [0.29, 0.717) is 4.90 Å². The molecule has 1 rings (SSSR count). The summed E-state index contributed by atoms with van der Waals surface area (Å²) in [4.78, 5) is 14.2. The van der Waals surface area contributed by atoms with Gasteiger partial charge in [-0.2, -0.15) is 26.3 Å². The van der Waals surface area contributed by atoms with Gasteiger partial charge in [0.25, 0.3) is 10.0 Å². The first kappa shape index (κ1) is 27.1. The Hall–Kier alpha value is -1.93. The highest BCUT2D eigenvalue weighted by Gasteiger charge is 2.29. The molecular formula is C16H20ClF6N3O4S. The fraction of sp³-hybridized carbons (Fsp3) is 0.562. The van der Waals surface area contributed by atoms with E-state index < -0.39 is 72.1 Å². The maximum atomic E-state index is 12.4. The molecule has 1 aromatic carbocycles. The number of nitrogens with one attached hydrogen (secondary N) is 2. The molecule has 0 unspecified atom stereocenters. The van der Waals surface area contributed by atoms with E-state index in [1.54, 1.807) is 10.3 Å². The minimum atomic E-state index is -4.52. The van der Waals surface area contributed by atoms with Crippen LogP contribution in [0.25, 0.3) is 0 Å². The predicted octanol–water partition coefficient (Wildman–Crippen LogP) is 4.24. The molecule has 2 N–H and O–H groups in total. The van der Waals surface area contributed by atoms with Gasteiger partial charge < -0.3 is 9.64 Å². The number of urea groups is 1. The molecule has 7 nitrogen and oxygen atoms in total. The number of carbonyl (C=O) groups is 1. The summed E-state index contributed by atoms with van der Waals surface area (Å²) in [6.07, 6.45) is -12.7.